The van der Waals surface area contributed by atoms with Crippen LogP contribution in [-0.2, 0) is 13.5 Å². The Kier molecular flexibility index (Phi) is 8.90. The van der Waals surface area contributed by atoms with Gasteiger partial charge in [0.25, 0.3) is 17.4 Å². The highest BCUT2D eigenvalue weighted by atomic mass is 16.5. The maximum Gasteiger partial charge on any atom is 0.296 e. The molecule has 212 valence electrons. The van der Waals surface area contributed by atoms with Crippen LogP contribution in [0.25, 0.3) is 0 Å². The predicted octanol–water partition coefficient (Wildman–Crippen LogP) is 1.07. The number of piperazine rings is 1. The molecule has 1 aliphatic rings. The van der Waals surface area contributed by atoms with Crippen molar-refractivity contribution in [2.24, 2.45) is 7.05 Å². The van der Waals surface area contributed by atoms with E-state index in [1.807, 2.05) is 30.3 Å². The number of phenols is 3. The predicted molar refractivity (Wildman–Crippen MR) is 146 cm³/mol. The molecule has 12 heteroatoms. The van der Waals surface area contributed by atoms with Crippen LogP contribution in [0.1, 0.15) is 38.7 Å². The topological polar surface area (TPSA) is 157 Å². The summed E-state index contributed by atoms with van der Waals surface area (Å²) in [4.78, 5) is 47.0. The number of hydrogen-bond donors (Lipinski definition) is 4. The third-order valence-corrected chi connectivity index (χ3v) is 6.88. The molecule has 40 heavy (non-hydrogen) atoms. The average molecular weight is 552 g/mol. The number of carbonyl (C=O) groups is 2. The highest BCUT2D eigenvalue weighted by Crippen LogP contribution is 2.35. The molecule has 4 N–H and O–H groups in total. The van der Waals surface area contributed by atoms with Gasteiger partial charge in [0, 0.05) is 51.8 Å². The first-order valence-corrected chi connectivity index (χ1v) is 12.9. The fraction of sp³-hybridized carbons (Fsp3) is 0.357. The molecule has 3 aromatic rings. The molecule has 0 aliphatic carbocycles. The van der Waals surface area contributed by atoms with Gasteiger partial charge >= 0.3 is 0 Å². The van der Waals surface area contributed by atoms with Gasteiger partial charge in [-0.25, -0.2) is 4.98 Å². The van der Waals surface area contributed by atoms with Crippen LogP contribution in [0, 0.1) is 0 Å². The van der Waals surface area contributed by atoms with E-state index in [2.05, 4.69) is 15.2 Å². The lowest BCUT2D eigenvalue weighted by Crippen LogP contribution is -2.49. The van der Waals surface area contributed by atoms with Gasteiger partial charge in [-0.3, -0.25) is 23.9 Å². The van der Waals surface area contributed by atoms with Crippen LogP contribution in [0.15, 0.2) is 47.3 Å². The van der Waals surface area contributed by atoms with Crippen molar-refractivity contribution in [2.45, 2.75) is 12.8 Å². The van der Waals surface area contributed by atoms with Gasteiger partial charge in [0.1, 0.15) is 5.82 Å². The molecule has 1 aliphatic heterocycles. The van der Waals surface area contributed by atoms with Gasteiger partial charge in [-0.15, -0.1) is 0 Å². The van der Waals surface area contributed by atoms with Crippen molar-refractivity contribution in [3.05, 3.63) is 75.5 Å². The molecule has 2 heterocycles. The second-order valence-corrected chi connectivity index (χ2v) is 9.54. The van der Waals surface area contributed by atoms with Gasteiger partial charge in [-0.05, 0) is 30.7 Å². The van der Waals surface area contributed by atoms with Crippen molar-refractivity contribution in [3.63, 3.8) is 0 Å². The molecule has 0 atom stereocenters. The van der Waals surface area contributed by atoms with Crippen LogP contribution in [0.4, 0.5) is 0 Å². The third kappa shape index (κ3) is 6.34. The summed E-state index contributed by atoms with van der Waals surface area (Å²) < 4.78 is 6.71. The molecule has 1 saturated heterocycles. The van der Waals surface area contributed by atoms with E-state index in [9.17, 15) is 29.7 Å². The largest absolute Gasteiger partial charge is 0.504 e. The Morgan fingerprint density at radius 2 is 1.68 bits per heavy atom. The minimum atomic E-state index is -0.675. The first-order chi connectivity index (χ1) is 19.2. The van der Waals surface area contributed by atoms with Crippen LogP contribution in [-0.4, -0.2) is 92.9 Å². The quantitative estimate of drug-likeness (QED) is 0.226. The highest BCUT2D eigenvalue weighted by molar-refractivity contribution is 5.95. The van der Waals surface area contributed by atoms with E-state index < -0.39 is 28.7 Å². The number of aromatic hydroxyl groups is 3. The normalized spacial score (nSPS) is 13.7. The van der Waals surface area contributed by atoms with E-state index in [-0.39, 0.29) is 22.9 Å². The molecule has 12 nitrogen and oxygen atoms in total. The van der Waals surface area contributed by atoms with Gasteiger partial charge in [0.15, 0.2) is 22.9 Å². The van der Waals surface area contributed by atoms with Gasteiger partial charge in [-0.1, -0.05) is 30.3 Å². The summed E-state index contributed by atoms with van der Waals surface area (Å²) in [6.45, 7) is 3.17. The smallest absolute Gasteiger partial charge is 0.296 e. The number of benzene rings is 2. The Balaban J connectivity index is 1.31. The van der Waals surface area contributed by atoms with Crippen LogP contribution in [0.2, 0.25) is 0 Å². The van der Waals surface area contributed by atoms with Gasteiger partial charge in [-0.2, -0.15) is 0 Å². The fourth-order valence-electron chi connectivity index (χ4n) is 4.56. The average Bonchev–Trinajstić information content (AvgIpc) is 2.96. The second-order valence-electron chi connectivity index (χ2n) is 9.54. The Hall–Kier alpha value is -4.58. The van der Waals surface area contributed by atoms with Crippen molar-refractivity contribution in [2.75, 3.05) is 46.4 Å². The summed E-state index contributed by atoms with van der Waals surface area (Å²) in [5, 5.41) is 31.3. The molecule has 2 amide bonds. The van der Waals surface area contributed by atoms with E-state index >= 15 is 0 Å². The maximum atomic E-state index is 13.4. The lowest BCUT2D eigenvalue weighted by atomic mass is 10.1. The summed E-state index contributed by atoms with van der Waals surface area (Å²) in [6, 6.07) is 11.8. The zero-order valence-corrected chi connectivity index (χ0v) is 22.5. The number of nitrogens with zero attached hydrogens (tertiary/aromatic N) is 4. The SMILES string of the molecule is COc1c(C(=O)N2CCN(CCCNC(=O)c3cc(O)c(O)c(O)c3)CC2)nc(Cc2ccccc2)n(C)c1=O. The number of phenolic OH excluding ortho intramolecular Hbond substituents is 3. The summed E-state index contributed by atoms with van der Waals surface area (Å²) in [7, 11) is 2.97. The van der Waals surface area contributed by atoms with E-state index in [0.717, 1.165) is 17.7 Å². The van der Waals surface area contributed by atoms with E-state index in [1.54, 1.807) is 11.9 Å². The van der Waals surface area contributed by atoms with Crippen molar-refractivity contribution < 1.29 is 29.6 Å². The number of ether oxygens (including phenoxy) is 1. The number of carbonyl (C=O) groups excluding carboxylic acids is 2. The van der Waals surface area contributed by atoms with Crippen LogP contribution < -0.4 is 15.6 Å². The summed E-state index contributed by atoms with van der Waals surface area (Å²) >= 11 is 0. The molecule has 0 spiro atoms. The molecule has 4 rings (SSSR count). The Morgan fingerprint density at radius 3 is 2.30 bits per heavy atom. The summed E-state index contributed by atoms with van der Waals surface area (Å²) in [5.74, 6) is -2.26. The molecular formula is C28H33N5O7. The molecule has 1 fully saturated rings. The van der Waals surface area contributed by atoms with Crippen LogP contribution >= 0.6 is 0 Å². The number of methoxy groups -OCH3 is 1. The maximum absolute atomic E-state index is 13.4. The van der Waals surface area contributed by atoms with Crippen molar-refractivity contribution in [1.29, 1.82) is 0 Å². The minimum absolute atomic E-state index is 0.0130. The zero-order chi connectivity index (χ0) is 28.8. The lowest BCUT2D eigenvalue weighted by molar-refractivity contribution is 0.0624. The fourth-order valence-corrected chi connectivity index (χ4v) is 4.56. The van der Waals surface area contributed by atoms with E-state index in [0.29, 0.717) is 57.9 Å². The minimum Gasteiger partial charge on any atom is -0.504 e. The lowest BCUT2D eigenvalue weighted by Gasteiger charge is -2.34. The standard InChI is InChI=1S/C28H33N5O7/c1-31-22(15-18-7-4-3-5-8-18)30-23(25(40-2)28(31)39)27(38)33-13-11-32(12-14-33)10-6-9-29-26(37)19-16-20(34)24(36)21(35)17-19/h3-5,7-8,16-17,34-36H,6,9-15H2,1-2H3,(H,29,37). The molecule has 0 bridgehead atoms. The van der Waals surface area contributed by atoms with Gasteiger partial charge in [0.2, 0.25) is 5.75 Å². The third-order valence-electron chi connectivity index (χ3n) is 6.88. The number of amides is 2. The molecule has 2 aromatic carbocycles. The first kappa shape index (κ1) is 28.4. The molecule has 1 aromatic heterocycles. The highest BCUT2D eigenvalue weighted by Gasteiger charge is 2.28. The summed E-state index contributed by atoms with van der Waals surface area (Å²) in [5.41, 5.74) is 0.605. The second kappa shape index (κ2) is 12.5. The van der Waals surface area contributed by atoms with Gasteiger partial charge in [0.05, 0.1) is 7.11 Å². The summed E-state index contributed by atoms with van der Waals surface area (Å²) in [6.07, 6.45) is 1.04. The number of hydrogen-bond acceptors (Lipinski definition) is 9. The molecule has 0 saturated carbocycles. The molecule has 0 unspecified atom stereocenters. The molecular weight excluding hydrogens is 518 g/mol. The van der Waals surface area contributed by atoms with Crippen molar-refractivity contribution >= 4 is 11.8 Å². The van der Waals surface area contributed by atoms with Crippen LogP contribution in [0.3, 0.4) is 0 Å². The Morgan fingerprint density at radius 1 is 1.02 bits per heavy atom. The number of nitrogens with one attached hydrogen (secondary N) is 1. The monoisotopic (exact) mass is 551 g/mol. The van der Waals surface area contributed by atoms with Gasteiger partial charge < -0.3 is 30.3 Å². The van der Waals surface area contributed by atoms with E-state index in [4.69, 9.17) is 4.74 Å². The Labute approximate surface area is 231 Å². The zero-order valence-electron chi connectivity index (χ0n) is 22.5. The molecule has 0 radical (unpaired) electrons. The van der Waals surface area contributed by atoms with E-state index in [1.165, 1.54) is 11.7 Å². The number of rotatable bonds is 9. The van der Waals surface area contributed by atoms with Crippen molar-refractivity contribution in [1.82, 2.24) is 24.7 Å². The first-order valence-electron chi connectivity index (χ1n) is 12.9. The van der Waals surface area contributed by atoms with Crippen molar-refractivity contribution in [3.8, 4) is 23.0 Å². The Bertz CT molecular complexity index is 1410. The number of aromatic nitrogens is 2. The van der Waals surface area contributed by atoms with Crippen LogP contribution in [0.5, 0.6) is 23.0 Å².